The summed E-state index contributed by atoms with van der Waals surface area (Å²) >= 11 is 1.48. The van der Waals surface area contributed by atoms with Crippen molar-refractivity contribution in [2.45, 2.75) is 31.3 Å². The van der Waals surface area contributed by atoms with Crippen molar-refractivity contribution < 1.29 is 9.53 Å². The Hall–Kier alpha value is -2.28. The number of benzene rings is 1. The average molecular weight is 359 g/mol. The molecule has 0 spiro atoms. The molecule has 0 aliphatic carbocycles. The molecule has 2 aromatic rings. The third-order valence-corrected chi connectivity index (χ3v) is 5.08. The molecular weight excluding hydrogens is 338 g/mol. The smallest absolute Gasteiger partial charge is 0.279 e. The van der Waals surface area contributed by atoms with Gasteiger partial charge in [0.15, 0.2) is 5.16 Å². The maximum Gasteiger partial charge on any atom is 0.279 e. The molecule has 0 bridgehead atoms. The molecule has 6 nitrogen and oxygen atoms in total. The van der Waals surface area contributed by atoms with Crippen molar-refractivity contribution in [2.75, 3.05) is 17.7 Å². The van der Waals surface area contributed by atoms with Crippen LogP contribution in [0.15, 0.2) is 34.2 Å². The van der Waals surface area contributed by atoms with E-state index in [1.54, 1.807) is 4.57 Å². The van der Waals surface area contributed by atoms with Gasteiger partial charge in [-0.05, 0) is 30.4 Å². The molecule has 7 heteroatoms. The van der Waals surface area contributed by atoms with Gasteiger partial charge in [-0.3, -0.25) is 9.59 Å². The lowest BCUT2D eigenvalue weighted by Gasteiger charge is -2.27. The Morgan fingerprint density at radius 3 is 2.64 bits per heavy atom. The van der Waals surface area contributed by atoms with Gasteiger partial charge in [-0.1, -0.05) is 30.8 Å². The predicted octanol–water partition coefficient (Wildman–Crippen LogP) is 2.77. The summed E-state index contributed by atoms with van der Waals surface area (Å²) in [4.78, 5) is 29.1. The van der Waals surface area contributed by atoms with E-state index >= 15 is 0 Å². The second kappa shape index (κ2) is 7.31. The van der Waals surface area contributed by atoms with Crippen LogP contribution in [0.5, 0.6) is 5.75 Å². The Morgan fingerprint density at radius 1 is 1.28 bits per heavy atom. The number of anilines is 1. The van der Waals surface area contributed by atoms with Crippen LogP contribution in [-0.2, 0) is 11.8 Å². The van der Waals surface area contributed by atoms with Crippen molar-refractivity contribution in [3.05, 3.63) is 45.7 Å². The van der Waals surface area contributed by atoms with Crippen molar-refractivity contribution >= 4 is 23.5 Å². The van der Waals surface area contributed by atoms with Gasteiger partial charge in [0, 0.05) is 19.4 Å². The van der Waals surface area contributed by atoms with E-state index in [4.69, 9.17) is 4.74 Å². The third kappa shape index (κ3) is 3.42. The number of thioether (sulfide) groups is 1. The maximum absolute atomic E-state index is 12.7. The van der Waals surface area contributed by atoms with E-state index in [9.17, 15) is 9.59 Å². The Labute approximate surface area is 150 Å². The lowest BCUT2D eigenvalue weighted by Crippen LogP contribution is -2.33. The summed E-state index contributed by atoms with van der Waals surface area (Å²) in [7, 11) is 1.82. The Morgan fingerprint density at radius 2 is 2.00 bits per heavy atom. The first-order valence-electron chi connectivity index (χ1n) is 8.31. The highest BCUT2D eigenvalue weighted by Crippen LogP contribution is 2.36. The monoisotopic (exact) mass is 359 g/mol. The van der Waals surface area contributed by atoms with Gasteiger partial charge < -0.3 is 14.6 Å². The van der Waals surface area contributed by atoms with Crippen molar-refractivity contribution in [2.24, 2.45) is 7.05 Å². The summed E-state index contributed by atoms with van der Waals surface area (Å²) in [5, 5.41) is 3.46. The number of rotatable bonds is 5. The molecule has 1 aliphatic heterocycles. The topological polar surface area (TPSA) is 73.2 Å². The summed E-state index contributed by atoms with van der Waals surface area (Å²) in [6.07, 6.45) is 0.234. The summed E-state index contributed by atoms with van der Waals surface area (Å²) in [5.41, 5.74) is 1.18. The van der Waals surface area contributed by atoms with Gasteiger partial charge in [0.1, 0.15) is 11.6 Å². The van der Waals surface area contributed by atoms with Crippen molar-refractivity contribution in [3.8, 4) is 5.75 Å². The minimum atomic E-state index is -0.300. The van der Waals surface area contributed by atoms with Crippen molar-refractivity contribution in [1.29, 1.82) is 0 Å². The standard InChI is InChI=1S/C18H21N3O3S/c1-4-24-12-8-6-11(7-9-12)13-10-14(22)19-16-15(13)17(23)20-18(21(16)3)25-5-2/h6-9,13H,4-5,10H2,1-3H3,(H,19,22)/t13-/m1/s1. The molecule has 1 aliphatic rings. The van der Waals surface area contributed by atoms with Crippen LogP contribution in [0.25, 0.3) is 0 Å². The second-order valence-electron chi connectivity index (χ2n) is 5.76. The van der Waals surface area contributed by atoms with Crippen molar-refractivity contribution in [3.63, 3.8) is 0 Å². The second-order valence-corrected chi connectivity index (χ2v) is 6.99. The highest BCUT2D eigenvalue weighted by molar-refractivity contribution is 7.99. The quantitative estimate of drug-likeness (QED) is 0.656. The highest BCUT2D eigenvalue weighted by atomic mass is 32.2. The number of fused-ring (bicyclic) bond motifs is 1. The van der Waals surface area contributed by atoms with Crippen LogP contribution in [0.4, 0.5) is 5.82 Å². The number of nitrogens with one attached hydrogen (secondary N) is 1. The minimum Gasteiger partial charge on any atom is -0.494 e. The number of nitrogens with zero attached hydrogens (tertiary/aromatic N) is 2. The predicted molar refractivity (Wildman–Crippen MR) is 98.6 cm³/mol. The highest BCUT2D eigenvalue weighted by Gasteiger charge is 2.32. The Kier molecular flexibility index (Phi) is 5.13. The fraction of sp³-hybridized carbons (Fsp3) is 0.389. The summed E-state index contributed by atoms with van der Waals surface area (Å²) in [6, 6.07) is 7.55. The lowest BCUT2D eigenvalue weighted by molar-refractivity contribution is -0.116. The normalized spacial score (nSPS) is 16.3. The lowest BCUT2D eigenvalue weighted by atomic mass is 9.87. The molecule has 132 valence electrons. The molecule has 0 unspecified atom stereocenters. The zero-order chi connectivity index (χ0) is 18.0. The number of hydrogen-bond acceptors (Lipinski definition) is 5. The van der Waals surface area contributed by atoms with E-state index in [0.717, 1.165) is 17.1 Å². The zero-order valence-corrected chi connectivity index (χ0v) is 15.4. The molecule has 1 aromatic heterocycles. The largest absolute Gasteiger partial charge is 0.494 e. The number of amides is 1. The van der Waals surface area contributed by atoms with Crippen LogP contribution < -0.4 is 15.6 Å². The molecule has 2 heterocycles. The first kappa shape index (κ1) is 17.5. The van der Waals surface area contributed by atoms with Gasteiger partial charge in [-0.15, -0.1) is 0 Å². The fourth-order valence-corrected chi connectivity index (χ4v) is 3.73. The Balaban J connectivity index is 2.08. The number of ether oxygens (including phenoxy) is 1. The first-order valence-corrected chi connectivity index (χ1v) is 9.30. The van der Waals surface area contributed by atoms with Gasteiger partial charge in [0.2, 0.25) is 5.91 Å². The molecule has 0 saturated carbocycles. The van der Waals surface area contributed by atoms with Crippen LogP contribution in [0, 0.1) is 0 Å². The molecule has 0 saturated heterocycles. The average Bonchev–Trinajstić information content (AvgIpc) is 2.60. The molecule has 0 radical (unpaired) electrons. The van der Waals surface area contributed by atoms with Crippen molar-refractivity contribution in [1.82, 2.24) is 9.55 Å². The molecular formula is C18H21N3O3S. The Bertz CT molecular complexity index is 846. The zero-order valence-electron chi connectivity index (χ0n) is 14.5. The number of aromatic nitrogens is 2. The molecule has 0 fully saturated rings. The van der Waals surface area contributed by atoms with Crippen LogP contribution >= 0.6 is 11.8 Å². The van der Waals surface area contributed by atoms with Gasteiger partial charge in [0.25, 0.3) is 5.56 Å². The van der Waals surface area contributed by atoms with E-state index in [2.05, 4.69) is 10.3 Å². The van der Waals surface area contributed by atoms with Gasteiger partial charge in [-0.2, -0.15) is 4.98 Å². The van der Waals surface area contributed by atoms with Gasteiger partial charge in [-0.25, -0.2) is 0 Å². The van der Waals surface area contributed by atoms with Crippen LogP contribution in [0.3, 0.4) is 0 Å². The summed E-state index contributed by atoms with van der Waals surface area (Å²) in [5.74, 6) is 1.72. The molecule has 1 atom stereocenters. The van der Waals surface area contributed by atoms with Crippen LogP contribution in [0.2, 0.25) is 0 Å². The molecule has 1 aromatic carbocycles. The van der Waals surface area contributed by atoms with Gasteiger partial charge >= 0.3 is 0 Å². The SMILES string of the molecule is CCOc1ccc([C@H]2CC(=O)Nc3c2c(=O)nc(SCC)n3C)cc1. The van der Waals surface area contributed by atoms with E-state index < -0.39 is 0 Å². The third-order valence-electron chi connectivity index (χ3n) is 4.17. The number of carbonyl (C=O) groups excluding carboxylic acids is 1. The first-order chi connectivity index (χ1) is 12.0. The number of hydrogen-bond donors (Lipinski definition) is 1. The van der Waals surface area contributed by atoms with Crippen LogP contribution in [-0.4, -0.2) is 27.8 Å². The fourth-order valence-electron chi connectivity index (χ4n) is 3.04. The molecule has 1 N–H and O–H groups in total. The summed E-state index contributed by atoms with van der Waals surface area (Å²) < 4.78 is 7.26. The summed E-state index contributed by atoms with van der Waals surface area (Å²) in [6.45, 7) is 4.52. The van der Waals surface area contributed by atoms with Crippen LogP contribution in [0.1, 0.15) is 37.3 Å². The molecule has 1 amide bonds. The molecule has 25 heavy (non-hydrogen) atoms. The maximum atomic E-state index is 12.7. The van der Waals surface area contributed by atoms with E-state index in [0.29, 0.717) is 23.1 Å². The molecule has 3 rings (SSSR count). The van der Waals surface area contributed by atoms with Gasteiger partial charge in [0.05, 0.1) is 12.2 Å². The van der Waals surface area contributed by atoms with E-state index in [1.807, 2.05) is 45.2 Å². The van der Waals surface area contributed by atoms with E-state index in [-0.39, 0.29) is 23.8 Å². The minimum absolute atomic E-state index is 0.0972. The van der Waals surface area contributed by atoms with E-state index in [1.165, 1.54) is 11.8 Å². The number of carbonyl (C=O) groups is 1.